The Morgan fingerprint density at radius 1 is 0.750 bits per heavy atom. The standard InChI is InChI=1S/C37H44N8O15/c1-4-53-35-38-31-14-9-13-30(34(46)59-25(3)60-37(48)55-20-10-22-57-45(51)52)32(31)42(35)23-26-15-17-27(18-16-26)28-11-5-6-12-29(28)33-39-41-43(40-33)24(2)58-36(47)54-19-7-8-21-56-44(49)50/h5-6,9,11-18,24-25,49-52H,4,7-8,10,19-23H2,1-3H3. The quantitative estimate of drug-likeness (QED) is 0.0225. The first-order valence-electron chi connectivity index (χ1n) is 18.5. The number of fused-ring (bicyclic) bond motifs is 1. The van der Waals surface area contributed by atoms with Gasteiger partial charge in [0.15, 0.2) is 0 Å². The van der Waals surface area contributed by atoms with Gasteiger partial charge < -0.3 is 28.4 Å². The van der Waals surface area contributed by atoms with Crippen LogP contribution in [-0.2, 0) is 39.9 Å². The third kappa shape index (κ3) is 12.8. The molecule has 2 unspecified atom stereocenters. The van der Waals surface area contributed by atoms with Crippen LogP contribution in [0.5, 0.6) is 6.01 Å². The lowest BCUT2D eigenvalue weighted by Crippen LogP contribution is -2.23. The fraction of sp³-hybridized carbons (Fsp3) is 0.378. The minimum atomic E-state index is -1.32. The van der Waals surface area contributed by atoms with Crippen molar-refractivity contribution < 1.29 is 73.3 Å². The molecule has 2 heterocycles. The summed E-state index contributed by atoms with van der Waals surface area (Å²) < 4.78 is 33.3. The first-order valence-corrected chi connectivity index (χ1v) is 18.5. The molecule has 2 atom stereocenters. The molecular formula is C37H44N8O15. The second-order valence-electron chi connectivity index (χ2n) is 12.5. The lowest BCUT2D eigenvalue weighted by Gasteiger charge is -2.15. The molecule has 3 aromatic carbocycles. The number of rotatable bonds is 22. The number of para-hydroxylation sites is 1. The van der Waals surface area contributed by atoms with Crippen LogP contribution in [0.4, 0.5) is 9.59 Å². The Hall–Kier alpha value is -6.31. The van der Waals surface area contributed by atoms with E-state index in [9.17, 15) is 14.4 Å². The van der Waals surface area contributed by atoms with Gasteiger partial charge in [0.05, 0.1) is 67.0 Å². The minimum Gasteiger partial charge on any atom is -0.465 e. The van der Waals surface area contributed by atoms with E-state index < -0.39 is 41.6 Å². The van der Waals surface area contributed by atoms with Crippen molar-refractivity contribution in [2.75, 3.05) is 33.0 Å². The highest BCUT2D eigenvalue weighted by atomic mass is 17.1. The van der Waals surface area contributed by atoms with Gasteiger partial charge in [-0.1, -0.05) is 54.6 Å². The predicted octanol–water partition coefficient (Wildman–Crippen LogP) is 5.33. The van der Waals surface area contributed by atoms with Gasteiger partial charge in [0, 0.05) is 18.9 Å². The molecule has 0 aliphatic carbocycles. The molecule has 60 heavy (non-hydrogen) atoms. The van der Waals surface area contributed by atoms with E-state index in [1.54, 1.807) is 29.7 Å². The molecule has 0 saturated carbocycles. The molecule has 0 saturated heterocycles. The summed E-state index contributed by atoms with van der Waals surface area (Å²) in [6.45, 7) is 5.01. The molecular weight excluding hydrogens is 796 g/mol. The van der Waals surface area contributed by atoms with Crippen LogP contribution in [0.25, 0.3) is 33.5 Å². The third-order valence-electron chi connectivity index (χ3n) is 8.23. The van der Waals surface area contributed by atoms with E-state index in [0.29, 0.717) is 36.0 Å². The number of hydrogen-bond donors (Lipinski definition) is 4. The monoisotopic (exact) mass is 840 g/mol. The van der Waals surface area contributed by atoms with E-state index in [1.165, 1.54) is 6.92 Å². The number of nitrogens with zero attached hydrogens (tertiary/aromatic N) is 8. The van der Waals surface area contributed by atoms with E-state index in [4.69, 9.17) is 49.3 Å². The maximum atomic E-state index is 13.4. The van der Waals surface area contributed by atoms with Crippen LogP contribution in [0.2, 0.25) is 0 Å². The van der Waals surface area contributed by atoms with Gasteiger partial charge in [-0.25, -0.2) is 14.4 Å². The summed E-state index contributed by atoms with van der Waals surface area (Å²) in [5.41, 5.74) is 4.19. The summed E-state index contributed by atoms with van der Waals surface area (Å²) in [5, 5.41) is 46.0. The molecule has 0 radical (unpaired) electrons. The van der Waals surface area contributed by atoms with Gasteiger partial charge >= 0.3 is 18.3 Å². The van der Waals surface area contributed by atoms with Crippen molar-refractivity contribution in [3.8, 4) is 28.5 Å². The number of carbonyl (C=O) groups is 3. The van der Waals surface area contributed by atoms with Gasteiger partial charge in [-0.15, -0.1) is 15.0 Å². The summed E-state index contributed by atoms with van der Waals surface area (Å²) in [4.78, 5) is 52.3. The number of benzene rings is 3. The Morgan fingerprint density at radius 3 is 2.10 bits per heavy atom. The normalized spacial score (nSPS) is 12.3. The van der Waals surface area contributed by atoms with Crippen LogP contribution in [-0.4, -0.2) is 119 Å². The van der Waals surface area contributed by atoms with Crippen molar-refractivity contribution in [3.05, 3.63) is 77.9 Å². The van der Waals surface area contributed by atoms with Crippen molar-refractivity contribution >= 4 is 29.3 Å². The largest absolute Gasteiger partial charge is 0.511 e. The predicted molar refractivity (Wildman–Crippen MR) is 200 cm³/mol. The zero-order valence-electron chi connectivity index (χ0n) is 32.7. The molecule has 0 bridgehead atoms. The molecule has 5 aromatic rings. The number of esters is 1. The molecule has 23 heteroatoms. The van der Waals surface area contributed by atoms with Gasteiger partial charge in [0.1, 0.15) is 0 Å². The first-order chi connectivity index (χ1) is 28.9. The number of hydrogen-bond acceptors (Lipinski definition) is 21. The molecule has 2 aromatic heterocycles. The van der Waals surface area contributed by atoms with E-state index in [0.717, 1.165) is 21.5 Å². The van der Waals surface area contributed by atoms with Crippen molar-refractivity contribution in [3.63, 3.8) is 0 Å². The molecule has 0 aliphatic rings. The summed E-state index contributed by atoms with van der Waals surface area (Å²) in [6, 6.07) is 20.3. The van der Waals surface area contributed by atoms with E-state index in [1.807, 2.05) is 55.5 Å². The zero-order valence-corrected chi connectivity index (χ0v) is 32.7. The molecule has 5 rings (SSSR count). The van der Waals surface area contributed by atoms with Crippen molar-refractivity contribution in [1.29, 1.82) is 0 Å². The van der Waals surface area contributed by atoms with Crippen LogP contribution in [0, 0.1) is 0 Å². The van der Waals surface area contributed by atoms with Crippen LogP contribution >= 0.6 is 0 Å². The number of aromatic nitrogens is 6. The fourth-order valence-electron chi connectivity index (χ4n) is 5.60. The number of ether oxygens (including phenoxy) is 6. The van der Waals surface area contributed by atoms with Crippen LogP contribution in [0.15, 0.2) is 66.7 Å². The second kappa shape index (κ2) is 22.2. The van der Waals surface area contributed by atoms with Gasteiger partial charge in [-0.2, -0.15) is 4.98 Å². The van der Waals surface area contributed by atoms with Gasteiger partial charge in [0.2, 0.25) is 18.3 Å². The van der Waals surface area contributed by atoms with Gasteiger partial charge in [0.25, 0.3) is 6.01 Å². The number of unbranched alkanes of at least 4 members (excludes halogenated alkanes) is 1. The average molecular weight is 841 g/mol. The number of carbonyl (C=O) groups excluding carboxylic acids is 3. The molecule has 0 amide bonds. The Morgan fingerprint density at radius 2 is 1.40 bits per heavy atom. The fourth-order valence-corrected chi connectivity index (χ4v) is 5.60. The van der Waals surface area contributed by atoms with Gasteiger partial charge in [-0.05, 0) is 60.7 Å². The van der Waals surface area contributed by atoms with Crippen molar-refractivity contribution in [2.45, 2.75) is 59.1 Å². The molecule has 322 valence electrons. The Balaban J connectivity index is 1.25. The summed E-state index contributed by atoms with van der Waals surface area (Å²) in [6.07, 6.45) is -3.39. The van der Waals surface area contributed by atoms with Gasteiger partial charge in [-0.3, -0.25) is 35.1 Å². The lowest BCUT2D eigenvalue weighted by molar-refractivity contribution is -0.492. The molecule has 0 fully saturated rings. The zero-order chi connectivity index (χ0) is 43.0. The van der Waals surface area contributed by atoms with E-state index >= 15 is 0 Å². The van der Waals surface area contributed by atoms with Crippen LogP contribution in [0.3, 0.4) is 0 Å². The highest BCUT2D eigenvalue weighted by Crippen LogP contribution is 2.32. The second-order valence-corrected chi connectivity index (χ2v) is 12.5. The van der Waals surface area contributed by atoms with Crippen LogP contribution in [0.1, 0.15) is 62.2 Å². The smallest absolute Gasteiger partial charge is 0.465 e. The lowest BCUT2D eigenvalue weighted by atomic mass is 9.98. The Labute approximate surface area is 341 Å². The minimum absolute atomic E-state index is 0.0141. The Bertz CT molecular complexity index is 2160. The highest BCUT2D eigenvalue weighted by molar-refractivity contribution is 6.02. The number of imidazole rings is 1. The summed E-state index contributed by atoms with van der Waals surface area (Å²) >= 11 is 0. The Kier molecular flexibility index (Phi) is 16.5. The first kappa shape index (κ1) is 44.8. The maximum Gasteiger partial charge on any atom is 0.511 e. The van der Waals surface area contributed by atoms with E-state index in [2.05, 4.69) is 30.1 Å². The molecule has 4 N–H and O–H groups in total. The maximum absolute atomic E-state index is 13.4. The molecule has 23 nitrogen and oxygen atoms in total. The molecule has 0 spiro atoms. The van der Waals surface area contributed by atoms with Crippen molar-refractivity contribution in [2.24, 2.45) is 0 Å². The van der Waals surface area contributed by atoms with Crippen LogP contribution < -0.4 is 4.74 Å². The highest BCUT2D eigenvalue weighted by Gasteiger charge is 2.24. The summed E-state index contributed by atoms with van der Waals surface area (Å²) in [7, 11) is 0. The van der Waals surface area contributed by atoms with E-state index in [-0.39, 0.29) is 56.8 Å². The number of tetrazole rings is 1. The topological polar surface area (TPSA) is 274 Å². The van der Waals surface area contributed by atoms with Crippen molar-refractivity contribution in [1.82, 2.24) is 40.5 Å². The SMILES string of the molecule is CCOc1nc2cccc(C(=O)OC(C)OC(=O)OCCCON(O)O)c2n1Cc1ccc(-c2ccccc2-c2nnn(C(C)OC(=O)OCCCCON(O)O)n2)cc1. The average Bonchev–Trinajstić information content (AvgIpc) is 3.85. The molecule has 0 aliphatic heterocycles. The summed E-state index contributed by atoms with van der Waals surface area (Å²) in [5.74, 6) is -0.506. The third-order valence-corrected chi connectivity index (χ3v) is 8.23.